The molecule has 4 atom stereocenters. The summed E-state index contributed by atoms with van der Waals surface area (Å²) in [5, 5.41) is 28.6. The molecule has 0 aliphatic carbocycles. The summed E-state index contributed by atoms with van der Waals surface area (Å²) in [4.78, 5) is 24.6. The number of hydrogen-bond acceptors (Lipinski definition) is 6. The summed E-state index contributed by atoms with van der Waals surface area (Å²) in [6.07, 6.45) is -2.59. The van der Waals surface area contributed by atoms with Crippen molar-refractivity contribution in [2.45, 2.75) is 22.0 Å². The van der Waals surface area contributed by atoms with Gasteiger partial charge in [0.25, 0.3) is 5.56 Å². The highest BCUT2D eigenvalue weighted by atomic mass is 125. The molecule has 2 rings (SSSR count). The van der Waals surface area contributed by atoms with Crippen LogP contribution >= 0.6 is 22.6 Å². The van der Waals surface area contributed by atoms with Crippen LogP contribution in [0.15, 0.2) is 21.9 Å². The molecule has 1 aliphatic heterocycles. The summed E-state index contributed by atoms with van der Waals surface area (Å²) >= 11 is 1.65. The van der Waals surface area contributed by atoms with Gasteiger partial charge in [-0.15, -0.1) is 0 Å². The molecule has 0 amide bonds. The SMILES string of the molecule is O=c1ccn([C@]2([125I])O[C@H](CO)[C@@H](O)[C@H]2O)c(=O)[nH]1. The number of ether oxygens (including phenoxy) is 1. The van der Waals surface area contributed by atoms with Gasteiger partial charge in [0, 0.05) is 12.3 Å². The molecule has 2 heterocycles. The van der Waals surface area contributed by atoms with E-state index in [0.29, 0.717) is 0 Å². The van der Waals surface area contributed by atoms with Crippen LogP contribution in [0, 0.1) is 0 Å². The predicted molar refractivity (Wildman–Crippen MR) is 67.3 cm³/mol. The van der Waals surface area contributed by atoms with E-state index in [1.807, 2.05) is 4.98 Å². The zero-order valence-electron chi connectivity index (χ0n) is 8.99. The quantitative estimate of drug-likeness (QED) is 0.344. The van der Waals surface area contributed by atoms with Gasteiger partial charge in [0.1, 0.15) is 18.3 Å². The van der Waals surface area contributed by atoms with Crippen molar-refractivity contribution in [3.8, 4) is 0 Å². The van der Waals surface area contributed by atoms with Crippen molar-refractivity contribution in [1.29, 1.82) is 0 Å². The third kappa shape index (κ3) is 2.01. The van der Waals surface area contributed by atoms with E-state index in [-0.39, 0.29) is 0 Å². The standard InChI is InChI=1S/C9H11IN2O6/c10-9(7(16)6(15)4(3-13)18-9)12-2-1-5(14)11-8(12)17/h1-2,4,6-7,13,15-16H,3H2,(H,11,14,17)/t4-,6-,7-,9+/m1/s1/i10-2. The van der Waals surface area contributed by atoms with Crippen molar-refractivity contribution in [1.82, 2.24) is 9.55 Å². The van der Waals surface area contributed by atoms with Crippen LogP contribution in [0.5, 0.6) is 0 Å². The number of nitrogens with zero attached hydrogens (tertiary/aromatic N) is 1. The maximum atomic E-state index is 11.6. The largest absolute Gasteiger partial charge is 0.394 e. The fraction of sp³-hybridized carbons (Fsp3) is 0.556. The molecule has 0 unspecified atom stereocenters. The van der Waals surface area contributed by atoms with Crippen LogP contribution in [0.1, 0.15) is 0 Å². The maximum absolute atomic E-state index is 11.6. The van der Waals surface area contributed by atoms with Crippen LogP contribution < -0.4 is 11.2 Å². The summed E-state index contributed by atoms with van der Waals surface area (Å²) in [7, 11) is 0. The first-order valence-corrected chi connectivity index (χ1v) is 6.14. The van der Waals surface area contributed by atoms with Crippen LogP contribution in [0.3, 0.4) is 0 Å². The number of nitrogens with one attached hydrogen (secondary N) is 1. The van der Waals surface area contributed by atoms with Gasteiger partial charge in [-0.05, 0) is 22.6 Å². The molecule has 0 bridgehead atoms. The van der Waals surface area contributed by atoms with Crippen LogP contribution in [0.2, 0.25) is 0 Å². The van der Waals surface area contributed by atoms with Crippen molar-refractivity contribution < 1.29 is 20.1 Å². The molecule has 0 saturated carbocycles. The lowest BCUT2D eigenvalue weighted by molar-refractivity contribution is -0.0689. The van der Waals surface area contributed by atoms with Gasteiger partial charge in [0.05, 0.1) is 6.61 Å². The minimum absolute atomic E-state index is 0.499. The molecule has 1 fully saturated rings. The Labute approximate surface area is 114 Å². The molecule has 4 N–H and O–H groups in total. The second-order valence-corrected chi connectivity index (χ2v) is 5.41. The van der Waals surface area contributed by atoms with Gasteiger partial charge in [-0.2, -0.15) is 0 Å². The highest BCUT2D eigenvalue weighted by Crippen LogP contribution is 2.40. The van der Waals surface area contributed by atoms with Crippen molar-refractivity contribution in [3.05, 3.63) is 33.1 Å². The molecule has 1 saturated heterocycles. The minimum Gasteiger partial charge on any atom is -0.394 e. The monoisotopic (exact) mass is 368 g/mol. The third-order valence-electron chi connectivity index (χ3n) is 2.72. The van der Waals surface area contributed by atoms with Gasteiger partial charge in [0.15, 0.2) is 0 Å². The summed E-state index contributed by atoms with van der Waals surface area (Å²) in [6, 6.07) is 1.09. The predicted octanol–water partition coefficient (Wildman–Crippen LogP) is -2.31. The van der Waals surface area contributed by atoms with E-state index in [9.17, 15) is 19.8 Å². The average molecular weight is 368 g/mol. The smallest absolute Gasteiger partial charge is 0.331 e. The van der Waals surface area contributed by atoms with E-state index >= 15 is 0 Å². The van der Waals surface area contributed by atoms with Gasteiger partial charge in [-0.1, -0.05) is 0 Å². The molecule has 0 radical (unpaired) electrons. The first-order chi connectivity index (χ1) is 8.40. The summed E-state index contributed by atoms with van der Waals surface area (Å²) < 4.78 is 4.69. The number of aromatic amines is 1. The Hall–Kier alpha value is -0.750. The minimum atomic E-state index is -1.58. The molecule has 1 aromatic rings. The van der Waals surface area contributed by atoms with E-state index in [2.05, 4.69) is 0 Å². The van der Waals surface area contributed by atoms with Crippen LogP contribution in [0.4, 0.5) is 0 Å². The molecular formula is C9H11IN2O6. The zero-order valence-corrected chi connectivity index (χ0v) is 11.1. The second kappa shape index (κ2) is 4.74. The molecule has 100 valence electrons. The van der Waals surface area contributed by atoms with Crippen molar-refractivity contribution >= 4 is 22.6 Å². The molecule has 1 aliphatic rings. The first kappa shape index (κ1) is 13.7. The Morgan fingerprint density at radius 2 is 2.17 bits per heavy atom. The number of alkyl halides is 1. The normalized spacial score (nSPS) is 35.9. The summed E-state index contributed by atoms with van der Waals surface area (Å²) in [5.41, 5.74) is -1.36. The van der Waals surface area contributed by atoms with E-state index < -0.39 is 39.9 Å². The van der Waals surface area contributed by atoms with Gasteiger partial charge >= 0.3 is 5.69 Å². The number of H-pyrrole nitrogens is 1. The lowest BCUT2D eigenvalue weighted by Crippen LogP contribution is -2.47. The van der Waals surface area contributed by atoms with Crippen LogP contribution in [-0.4, -0.2) is 49.8 Å². The molecule has 1 aromatic heterocycles. The summed E-state index contributed by atoms with van der Waals surface area (Å²) in [6.45, 7) is -0.499. The lowest BCUT2D eigenvalue weighted by atomic mass is 10.1. The maximum Gasteiger partial charge on any atom is 0.331 e. The van der Waals surface area contributed by atoms with Crippen molar-refractivity contribution in [2.75, 3.05) is 6.61 Å². The van der Waals surface area contributed by atoms with E-state index in [4.69, 9.17) is 9.84 Å². The van der Waals surface area contributed by atoms with Gasteiger partial charge < -0.3 is 20.1 Å². The Kier molecular flexibility index (Phi) is 3.60. The van der Waals surface area contributed by atoms with E-state index in [1.165, 1.54) is 0 Å². The summed E-state index contributed by atoms with van der Waals surface area (Å²) in [5.74, 6) is 0. The van der Waals surface area contributed by atoms with Crippen molar-refractivity contribution in [3.63, 3.8) is 0 Å². The fourth-order valence-corrected chi connectivity index (χ4v) is 2.84. The molecule has 0 spiro atoms. The van der Waals surface area contributed by atoms with Gasteiger partial charge in [0.2, 0.25) is 3.73 Å². The van der Waals surface area contributed by atoms with Crippen molar-refractivity contribution in [2.24, 2.45) is 0 Å². The highest BCUT2D eigenvalue weighted by molar-refractivity contribution is 14.1. The van der Waals surface area contributed by atoms with Crippen LogP contribution in [0.25, 0.3) is 0 Å². The number of aliphatic hydroxyl groups is 3. The topological polar surface area (TPSA) is 125 Å². The van der Waals surface area contributed by atoms with E-state index in [1.54, 1.807) is 22.6 Å². The van der Waals surface area contributed by atoms with Crippen LogP contribution in [-0.2, 0) is 8.47 Å². The number of aliphatic hydroxyl groups excluding tert-OH is 3. The molecule has 18 heavy (non-hydrogen) atoms. The zero-order chi connectivity index (χ0) is 13.5. The fourth-order valence-electron chi connectivity index (χ4n) is 1.77. The Morgan fingerprint density at radius 3 is 2.67 bits per heavy atom. The van der Waals surface area contributed by atoms with Gasteiger partial charge in [-0.3, -0.25) is 14.3 Å². The molecule has 9 heteroatoms. The average Bonchev–Trinajstić information content (AvgIpc) is 2.54. The lowest BCUT2D eigenvalue weighted by Gasteiger charge is -2.27. The highest BCUT2D eigenvalue weighted by Gasteiger charge is 2.54. The molecular weight excluding hydrogens is 357 g/mol. The molecule has 8 nitrogen and oxygen atoms in total. The van der Waals surface area contributed by atoms with E-state index in [0.717, 1.165) is 16.8 Å². The number of halogens is 1. The Morgan fingerprint density at radius 1 is 1.50 bits per heavy atom. The molecule has 0 aromatic carbocycles. The third-order valence-corrected chi connectivity index (χ3v) is 4.13. The first-order valence-electron chi connectivity index (χ1n) is 5.06. The van der Waals surface area contributed by atoms with Gasteiger partial charge in [-0.25, -0.2) is 4.79 Å². The number of aromatic nitrogens is 2. The number of hydrogen-bond donors (Lipinski definition) is 4. The Balaban J connectivity index is 2.49. The Bertz CT molecular complexity index is 556. The second-order valence-electron chi connectivity index (χ2n) is 3.86. The number of rotatable bonds is 2.